The lowest BCUT2D eigenvalue weighted by Crippen LogP contribution is -2.17. The fraction of sp³-hybridized carbons (Fsp3) is 0.200. The van der Waals surface area contributed by atoms with Crippen LogP contribution in [0.5, 0.6) is 11.5 Å². The summed E-state index contributed by atoms with van der Waals surface area (Å²) in [5.41, 5.74) is 3.17. The molecule has 3 rings (SSSR count). The van der Waals surface area contributed by atoms with Crippen molar-refractivity contribution in [1.29, 1.82) is 0 Å². The van der Waals surface area contributed by atoms with E-state index in [1.807, 2.05) is 50.2 Å². The monoisotopic (exact) mass is 385 g/mol. The van der Waals surface area contributed by atoms with Gasteiger partial charge >= 0.3 is 0 Å². The minimum atomic E-state index is -0.173. The van der Waals surface area contributed by atoms with Crippen LogP contribution >= 0.6 is 24.0 Å². The van der Waals surface area contributed by atoms with Crippen molar-refractivity contribution in [2.45, 2.75) is 13.8 Å². The fourth-order valence-corrected chi connectivity index (χ4v) is 3.66. The lowest BCUT2D eigenvalue weighted by atomic mass is 10.1. The Balaban J connectivity index is 1.61. The van der Waals surface area contributed by atoms with Gasteiger partial charge in [0.25, 0.3) is 5.91 Å². The van der Waals surface area contributed by atoms with E-state index in [1.165, 1.54) is 22.9 Å². The first kappa shape index (κ1) is 18.5. The van der Waals surface area contributed by atoms with Gasteiger partial charge in [0.1, 0.15) is 29.0 Å². The molecule has 1 fully saturated rings. The normalized spacial score (nSPS) is 15.2. The first-order valence-electron chi connectivity index (χ1n) is 8.19. The largest absolute Gasteiger partial charge is 0.490 e. The average molecular weight is 386 g/mol. The first-order valence-corrected chi connectivity index (χ1v) is 9.41. The highest BCUT2D eigenvalue weighted by Gasteiger charge is 2.22. The van der Waals surface area contributed by atoms with E-state index in [9.17, 15) is 4.79 Å². The summed E-state index contributed by atoms with van der Waals surface area (Å²) in [7, 11) is 0. The van der Waals surface area contributed by atoms with Crippen LogP contribution in [0, 0.1) is 13.8 Å². The van der Waals surface area contributed by atoms with Gasteiger partial charge in [0.05, 0.1) is 4.91 Å². The van der Waals surface area contributed by atoms with E-state index in [1.54, 1.807) is 6.08 Å². The number of nitrogens with one attached hydrogen (secondary N) is 1. The van der Waals surface area contributed by atoms with Gasteiger partial charge in [-0.25, -0.2) is 0 Å². The third-order valence-electron chi connectivity index (χ3n) is 3.65. The van der Waals surface area contributed by atoms with Crippen LogP contribution in [0.25, 0.3) is 6.08 Å². The van der Waals surface area contributed by atoms with Crippen LogP contribution in [0.15, 0.2) is 47.4 Å². The number of carbonyl (C=O) groups excluding carboxylic acids is 1. The summed E-state index contributed by atoms with van der Waals surface area (Å²) in [5, 5.41) is 2.61. The molecule has 2 aromatic rings. The molecule has 4 nitrogen and oxygen atoms in total. The molecule has 1 amide bonds. The van der Waals surface area contributed by atoms with E-state index in [4.69, 9.17) is 21.7 Å². The zero-order chi connectivity index (χ0) is 18.5. The third kappa shape index (κ3) is 4.86. The molecule has 0 bridgehead atoms. The second kappa shape index (κ2) is 8.38. The summed E-state index contributed by atoms with van der Waals surface area (Å²) in [5.74, 6) is 1.37. The molecule has 1 heterocycles. The number of thiocarbonyl (C=S) groups is 1. The first-order chi connectivity index (χ1) is 12.5. The summed E-state index contributed by atoms with van der Waals surface area (Å²) >= 11 is 6.27. The molecular formula is C20H19NO3S2. The van der Waals surface area contributed by atoms with Crippen molar-refractivity contribution in [2.24, 2.45) is 0 Å². The van der Waals surface area contributed by atoms with E-state index >= 15 is 0 Å². The SMILES string of the molecule is Cc1cc(C)cc(OCCOc2ccccc2/C=C2\SC(=S)NC2=O)c1. The number of amides is 1. The van der Waals surface area contributed by atoms with Gasteiger partial charge in [-0.3, -0.25) is 4.79 Å². The Bertz CT molecular complexity index is 857. The molecule has 0 unspecified atom stereocenters. The molecule has 1 saturated heterocycles. The number of rotatable bonds is 6. The number of thioether (sulfide) groups is 1. The molecule has 0 radical (unpaired) electrons. The molecule has 0 spiro atoms. The lowest BCUT2D eigenvalue weighted by Gasteiger charge is -2.11. The Morgan fingerprint density at radius 3 is 2.46 bits per heavy atom. The van der Waals surface area contributed by atoms with Crippen LogP contribution in [0.2, 0.25) is 0 Å². The van der Waals surface area contributed by atoms with Crippen molar-refractivity contribution >= 4 is 40.3 Å². The summed E-state index contributed by atoms with van der Waals surface area (Å²) in [4.78, 5) is 12.4. The van der Waals surface area contributed by atoms with E-state index in [2.05, 4.69) is 11.4 Å². The molecule has 1 aliphatic rings. The van der Waals surface area contributed by atoms with Gasteiger partial charge in [-0.1, -0.05) is 48.2 Å². The van der Waals surface area contributed by atoms with Crippen molar-refractivity contribution in [3.63, 3.8) is 0 Å². The maximum atomic E-state index is 11.8. The molecular weight excluding hydrogens is 366 g/mol. The minimum Gasteiger partial charge on any atom is -0.490 e. The third-order valence-corrected chi connectivity index (χ3v) is 4.82. The average Bonchev–Trinajstić information content (AvgIpc) is 2.89. The Hall–Kier alpha value is -2.31. The van der Waals surface area contributed by atoms with E-state index < -0.39 is 0 Å². The van der Waals surface area contributed by atoms with Gasteiger partial charge in [-0.2, -0.15) is 0 Å². The van der Waals surface area contributed by atoms with Gasteiger partial charge in [0.2, 0.25) is 0 Å². The Morgan fingerprint density at radius 2 is 1.77 bits per heavy atom. The fourth-order valence-electron chi connectivity index (χ4n) is 2.62. The summed E-state index contributed by atoms with van der Waals surface area (Å²) in [6, 6.07) is 13.7. The lowest BCUT2D eigenvalue weighted by molar-refractivity contribution is -0.115. The van der Waals surface area contributed by atoms with Crippen LogP contribution in [0.4, 0.5) is 0 Å². The van der Waals surface area contributed by atoms with Crippen LogP contribution < -0.4 is 14.8 Å². The van der Waals surface area contributed by atoms with Gasteiger partial charge in [-0.05, 0) is 49.2 Å². The Kier molecular flexibility index (Phi) is 5.96. The molecule has 1 aliphatic heterocycles. The summed E-state index contributed by atoms with van der Waals surface area (Å²) in [6.45, 7) is 4.93. The molecule has 1 N–H and O–H groups in total. The topological polar surface area (TPSA) is 47.6 Å². The van der Waals surface area contributed by atoms with Gasteiger partial charge < -0.3 is 14.8 Å². The highest BCUT2D eigenvalue weighted by molar-refractivity contribution is 8.26. The highest BCUT2D eigenvalue weighted by atomic mass is 32.2. The predicted octanol–water partition coefficient (Wildman–Crippen LogP) is 4.25. The second-order valence-corrected chi connectivity index (χ2v) is 7.63. The Morgan fingerprint density at radius 1 is 1.08 bits per heavy atom. The standard InChI is InChI=1S/C20H19NO3S2/c1-13-9-14(2)11-16(10-13)23-7-8-24-17-6-4-3-5-15(17)12-18-19(22)21-20(25)26-18/h3-6,9-12H,7-8H2,1-2H3,(H,21,22,25)/b18-12-. The van der Waals surface area contributed by atoms with E-state index in [0.29, 0.717) is 28.2 Å². The second-order valence-electron chi connectivity index (χ2n) is 5.91. The number of para-hydroxylation sites is 1. The molecule has 0 aromatic heterocycles. The van der Waals surface area contributed by atoms with Crippen molar-refractivity contribution in [3.8, 4) is 11.5 Å². The number of aryl methyl sites for hydroxylation is 2. The smallest absolute Gasteiger partial charge is 0.263 e. The number of carbonyl (C=O) groups is 1. The van der Waals surface area contributed by atoms with Crippen molar-refractivity contribution in [1.82, 2.24) is 5.32 Å². The van der Waals surface area contributed by atoms with E-state index in [-0.39, 0.29) is 5.91 Å². The predicted molar refractivity (Wildman–Crippen MR) is 110 cm³/mol. The molecule has 2 aromatic carbocycles. The zero-order valence-electron chi connectivity index (χ0n) is 14.6. The van der Waals surface area contributed by atoms with Gasteiger partial charge in [-0.15, -0.1) is 0 Å². The highest BCUT2D eigenvalue weighted by Crippen LogP contribution is 2.29. The molecule has 0 saturated carbocycles. The van der Waals surface area contributed by atoms with E-state index in [0.717, 1.165) is 11.3 Å². The molecule has 0 atom stereocenters. The van der Waals surface area contributed by atoms with Crippen molar-refractivity contribution in [2.75, 3.05) is 13.2 Å². The van der Waals surface area contributed by atoms with Gasteiger partial charge in [0, 0.05) is 5.56 Å². The maximum absolute atomic E-state index is 11.8. The maximum Gasteiger partial charge on any atom is 0.263 e. The number of hydrogen-bond donors (Lipinski definition) is 1. The van der Waals surface area contributed by atoms with Crippen LogP contribution in [0.1, 0.15) is 16.7 Å². The van der Waals surface area contributed by atoms with Gasteiger partial charge in [0.15, 0.2) is 0 Å². The van der Waals surface area contributed by atoms with Crippen LogP contribution in [-0.2, 0) is 4.79 Å². The molecule has 26 heavy (non-hydrogen) atoms. The number of hydrogen-bond acceptors (Lipinski definition) is 5. The molecule has 6 heteroatoms. The number of ether oxygens (including phenoxy) is 2. The summed E-state index contributed by atoms with van der Waals surface area (Å²) < 4.78 is 12.1. The zero-order valence-corrected chi connectivity index (χ0v) is 16.2. The van der Waals surface area contributed by atoms with Crippen LogP contribution in [0.3, 0.4) is 0 Å². The Labute approximate surface area is 162 Å². The summed E-state index contributed by atoms with van der Waals surface area (Å²) in [6.07, 6.45) is 1.79. The van der Waals surface area contributed by atoms with Crippen LogP contribution in [-0.4, -0.2) is 23.4 Å². The number of benzene rings is 2. The molecule has 134 valence electrons. The quantitative estimate of drug-likeness (QED) is 0.458. The minimum absolute atomic E-state index is 0.173. The van der Waals surface area contributed by atoms with Crippen molar-refractivity contribution < 1.29 is 14.3 Å². The van der Waals surface area contributed by atoms with Crippen molar-refractivity contribution in [3.05, 3.63) is 64.1 Å². The molecule has 0 aliphatic carbocycles.